The molecule has 0 aliphatic heterocycles. The Morgan fingerprint density at radius 1 is 0.215 bits per heavy atom. The largest absolute Gasteiger partial charge is 0.456 e. The summed E-state index contributed by atoms with van der Waals surface area (Å²) in [6, 6.07) is 82.9. The number of benzene rings is 10. The lowest BCUT2D eigenvalue weighted by Crippen LogP contribution is -2.02. The van der Waals surface area contributed by atoms with Crippen LogP contribution in [0.3, 0.4) is 0 Å². The summed E-state index contributed by atoms with van der Waals surface area (Å²) < 4.78 is 6.20. The summed E-state index contributed by atoms with van der Waals surface area (Å²) in [7, 11) is 0. The average Bonchev–Trinajstić information content (AvgIpc) is 3.78. The van der Waals surface area contributed by atoms with Crippen LogP contribution in [0.15, 0.2) is 241 Å². The Balaban J connectivity index is 0.924. The van der Waals surface area contributed by atoms with Crippen molar-refractivity contribution in [3.05, 3.63) is 237 Å². The van der Waals surface area contributed by atoms with E-state index in [2.05, 4.69) is 194 Å². The molecule has 0 radical (unpaired) electrons. The fourth-order valence-corrected chi connectivity index (χ4v) is 9.29. The molecule has 0 aliphatic carbocycles. The van der Waals surface area contributed by atoms with Crippen molar-refractivity contribution in [1.29, 1.82) is 0 Å². The Labute approximate surface area is 376 Å². The van der Waals surface area contributed by atoms with E-state index in [-0.39, 0.29) is 0 Å². The first-order chi connectivity index (χ1) is 32.2. The van der Waals surface area contributed by atoms with Crippen molar-refractivity contribution in [2.75, 3.05) is 0 Å². The number of aromatic nitrogens is 3. The normalized spacial score (nSPS) is 11.4. The van der Waals surface area contributed by atoms with Gasteiger partial charge in [0.2, 0.25) is 0 Å². The van der Waals surface area contributed by atoms with Crippen LogP contribution in [0.4, 0.5) is 0 Å². The molecule has 0 unspecified atom stereocenters. The number of rotatable bonds is 8. The maximum absolute atomic E-state index is 6.20. The Morgan fingerprint density at radius 2 is 0.585 bits per heavy atom. The lowest BCUT2D eigenvalue weighted by Gasteiger charge is -2.15. The van der Waals surface area contributed by atoms with Crippen LogP contribution in [0.2, 0.25) is 0 Å². The number of hydrogen-bond donors (Lipinski definition) is 0. The van der Waals surface area contributed by atoms with Gasteiger partial charge >= 0.3 is 0 Å². The van der Waals surface area contributed by atoms with Crippen molar-refractivity contribution in [2.45, 2.75) is 0 Å². The van der Waals surface area contributed by atoms with E-state index in [0.717, 1.165) is 77.6 Å². The summed E-state index contributed by atoms with van der Waals surface area (Å²) in [5.74, 6) is 1.86. The minimum Gasteiger partial charge on any atom is -0.456 e. The lowest BCUT2D eigenvalue weighted by molar-refractivity contribution is 0.669. The molecule has 0 aliphatic rings. The lowest BCUT2D eigenvalue weighted by atomic mass is 9.91. The second kappa shape index (κ2) is 16.2. The molecule has 0 fully saturated rings. The quantitative estimate of drug-likeness (QED) is 0.153. The van der Waals surface area contributed by atoms with Crippen molar-refractivity contribution in [3.63, 3.8) is 0 Å². The minimum atomic E-state index is 0.614. The molecule has 4 nitrogen and oxygen atoms in total. The van der Waals surface area contributed by atoms with Gasteiger partial charge in [-0.1, -0.05) is 224 Å². The molecule has 0 bridgehead atoms. The van der Waals surface area contributed by atoms with Crippen LogP contribution in [0.5, 0.6) is 0 Å². The summed E-state index contributed by atoms with van der Waals surface area (Å²) in [5.41, 5.74) is 15.9. The molecule has 0 saturated heterocycles. The van der Waals surface area contributed by atoms with Crippen molar-refractivity contribution < 1.29 is 4.42 Å². The van der Waals surface area contributed by atoms with Gasteiger partial charge in [0.15, 0.2) is 17.5 Å². The smallest absolute Gasteiger partial charge is 0.164 e. The zero-order valence-corrected chi connectivity index (χ0v) is 35.3. The second-order valence-corrected chi connectivity index (χ2v) is 16.3. The van der Waals surface area contributed by atoms with Crippen molar-refractivity contribution in [2.24, 2.45) is 0 Å². The Kier molecular flexibility index (Phi) is 9.46. The van der Waals surface area contributed by atoms with Gasteiger partial charge in [0.05, 0.1) is 0 Å². The molecule has 2 aromatic heterocycles. The zero-order valence-electron chi connectivity index (χ0n) is 35.3. The molecule has 0 N–H and O–H groups in total. The van der Waals surface area contributed by atoms with E-state index in [4.69, 9.17) is 19.4 Å². The summed E-state index contributed by atoms with van der Waals surface area (Å²) in [5, 5.41) is 4.67. The van der Waals surface area contributed by atoms with Crippen LogP contribution in [0, 0.1) is 0 Å². The summed E-state index contributed by atoms with van der Waals surface area (Å²) in [6.07, 6.45) is 0. The van der Waals surface area contributed by atoms with E-state index in [0.29, 0.717) is 17.5 Å². The summed E-state index contributed by atoms with van der Waals surface area (Å²) in [4.78, 5) is 15.6. The van der Waals surface area contributed by atoms with E-state index < -0.39 is 0 Å². The maximum Gasteiger partial charge on any atom is 0.164 e. The van der Waals surface area contributed by atoms with Crippen LogP contribution < -0.4 is 0 Å². The molecule has 0 amide bonds. The Hall–Kier alpha value is -8.73. The highest BCUT2D eigenvalue weighted by atomic mass is 16.3. The number of nitrogens with zero attached hydrogens (tertiary/aromatic N) is 3. The molecule has 304 valence electrons. The van der Waals surface area contributed by atoms with E-state index in [1.807, 2.05) is 42.5 Å². The highest BCUT2D eigenvalue weighted by molar-refractivity contribution is 6.12. The highest BCUT2D eigenvalue weighted by Crippen LogP contribution is 2.41. The van der Waals surface area contributed by atoms with Crippen LogP contribution in [0.25, 0.3) is 123 Å². The second-order valence-electron chi connectivity index (χ2n) is 16.3. The van der Waals surface area contributed by atoms with Gasteiger partial charge in [-0.2, -0.15) is 0 Å². The van der Waals surface area contributed by atoms with Gasteiger partial charge in [0, 0.05) is 27.5 Å². The fraction of sp³-hybridized carbons (Fsp3) is 0. The standard InChI is InChI=1S/C61H39N3O/c1-3-16-40(17-4-1)46-20-7-11-24-53(46)60-62-59(63-61(64-60)54-25-12-8-21-47(54)41-18-5-2-6-19-41)45-36-34-43(35-37-45)49-39-38-48(51-22-9-10-23-52(49)51)42-30-32-44(33-31-42)50-27-15-29-57-58(50)55-26-13-14-28-56(55)65-57/h1-39H. The third kappa shape index (κ3) is 6.95. The van der Waals surface area contributed by atoms with Crippen LogP contribution in [-0.2, 0) is 0 Å². The first kappa shape index (κ1) is 38.0. The van der Waals surface area contributed by atoms with Crippen molar-refractivity contribution >= 4 is 32.7 Å². The minimum absolute atomic E-state index is 0.614. The van der Waals surface area contributed by atoms with E-state index in [9.17, 15) is 0 Å². The SMILES string of the molecule is c1ccc(-c2ccccc2-c2nc(-c3ccc(-c4ccc(-c5ccc(-c6cccc7oc8ccccc8c67)cc5)c5ccccc45)cc3)nc(-c3ccccc3-c3ccccc3)n2)cc1. The third-order valence-electron chi connectivity index (χ3n) is 12.4. The molecule has 12 rings (SSSR count). The third-order valence-corrected chi connectivity index (χ3v) is 12.4. The number of hydrogen-bond acceptors (Lipinski definition) is 4. The highest BCUT2D eigenvalue weighted by Gasteiger charge is 2.19. The zero-order chi connectivity index (χ0) is 43.1. The molecule has 10 aromatic carbocycles. The first-order valence-electron chi connectivity index (χ1n) is 21.9. The van der Waals surface area contributed by atoms with Crippen LogP contribution in [0.1, 0.15) is 0 Å². The molecule has 65 heavy (non-hydrogen) atoms. The maximum atomic E-state index is 6.20. The first-order valence-corrected chi connectivity index (χ1v) is 21.9. The van der Waals surface area contributed by atoms with Gasteiger partial charge in [-0.15, -0.1) is 0 Å². The monoisotopic (exact) mass is 829 g/mol. The van der Waals surface area contributed by atoms with E-state index >= 15 is 0 Å². The molecule has 12 aromatic rings. The number of fused-ring (bicyclic) bond motifs is 4. The summed E-state index contributed by atoms with van der Waals surface area (Å²) >= 11 is 0. The van der Waals surface area contributed by atoms with E-state index in [1.165, 1.54) is 27.5 Å². The van der Waals surface area contributed by atoms with Gasteiger partial charge in [-0.3, -0.25) is 0 Å². The molecular formula is C61H39N3O. The molecule has 0 atom stereocenters. The topological polar surface area (TPSA) is 51.8 Å². The average molecular weight is 830 g/mol. The van der Waals surface area contributed by atoms with Crippen molar-refractivity contribution in [1.82, 2.24) is 15.0 Å². The molecular weight excluding hydrogens is 791 g/mol. The van der Waals surface area contributed by atoms with Gasteiger partial charge < -0.3 is 4.42 Å². The van der Waals surface area contributed by atoms with Gasteiger partial charge in [0.25, 0.3) is 0 Å². The molecule has 2 heterocycles. The molecule has 0 saturated carbocycles. The van der Waals surface area contributed by atoms with Crippen LogP contribution >= 0.6 is 0 Å². The molecule has 4 heteroatoms. The molecule has 0 spiro atoms. The van der Waals surface area contributed by atoms with Crippen LogP contribution in [-0.4, -0.2) is 15.0 Å². The van der Waals surface area contributed by atoms with E-state index in [1.54, 1.807) is 0 Å². The number of furan rings is 1. The van der Waals surface area contributed by atoms with Crippen molar-refractivity contribution in [3.8, 4) is 89.8 Å². The summed E-state index contributed by atoms with van der Waals surface area (Å²) in [6.45, 7) is 0. The predicted molar refractivity (Wildman–Crippen MR) is 268 cm³/mol. The number of para-hydroxylation sites is 1. The Bertz CT molecular complexity index is 3590. The predicted octanol–water partition coefficient (Wildman–Crippen LogP) is 16.3. The fourth-order valence-electron chi connectivity index (χ4n) is 9.29. The van der Waals surface area contributed by atoms with Gasteiger partial charge in [-0.25, -0.2) is 15.0 Å². The van der Waals surface area contributed by atoms with Gasteiger partial charge in [-0.05, 0) is 78.5 Å². The Morgan fingerprint density at radius 3 is 1.12 bits per heavy atom. The van der Waals surface area contributed by atoms with Gasteiger partial charge in [0.1, 0.15) is 11.2 Å².